The van der Waals surface area contributed by atoms with Crippen LogP contribution < -0.4 is 9.47 Å². The average Bonchev–Trinajstić information content (AvgIpc) is 2.73. The van der Waals surface area contributed by atoms with Gasteiger partial charge < -0.3 is 9.47 Å². The zero-order valence-electron chi connectivity index (χ0n) is 15.4. The predicted molar refractivity (Wildman–Crippen MR) is 111 cm³/mol. The van der Waals surface area contributed by atoms with E-state index in [1.807, 2.05) is 97.1 Å². The highest BCUT2D eigenvalue weighted by atomic mass is 16.5. The summed E-state index contributed by atoms with van der Waals surface area (Å²) in [4.78, 5) is 12.1. The lowest BCUT2D eigenvalue weighted by atomic mass is 10.1. The highest BCUT2D eigenvalue weighted by Crippen LogP contribution is 2.25. The van der Waals surface area contributed by atoms with Gasteiger partial charge >= 0.3 is 5.97 Å². The minimum absolute atomic E-state index is 0.255. The topological polar surface area (TPSA) is 35.5 Å². The van der Waals surface area contributed by atoms with E-state index in [0.29, 0.717) is 12.4 Å². The molecule has 4 aromatic rings. The molecule has 0 N–H and O–H groups in total. The van der Waals surface area contributed by atoms with E-state index in [0.717, 1.165) is 27.6 Å². The third-order valence-corrected chi connectivity index (χ3v) is 4.45. The van der Waals surface area contributed by atoms with Gasteiger partial charge in [-0.1, -0.05) is 72.8 Å². The second kappa shape index (κ2) is 8.40. The Hall–Kier alpha value is -3.59. The molecule has 0 bridgehead atoms. The normalized spacial score (nSPS) is 10.6. The smallest absolute Gasteiger partial charge is 0.315 e. The van der Waals surface area contributed by atoms with Crippen LogP contribution in [0.25, 0.3) is 10.8 Å². The quantitative estimate of drug-likeness (QED) is 0.330. The summed E-state index contributed by atoms with van der Waals surface area (Å²) in [6.45, 7) is 0.529. The maximum Gasteiger partial charge on any atom is 0.315 e. The Morgan fingerprint density at radius 2 is 1.21 bits per heavy atom. The van der Waals surface area contributed by atoms with E-state index < -0.39 is 0 Å². The van der Waals surface area contributed by atoms with E-state index in [-0.39, 0.29) is 12.4 Å². The number of fused-ring (bicyclic) bond motifs is 1. The zero-order chi connectivity index (χ0) is 19.2. The molecule has 3 nitrogen and oxygen atoms in total. The van der Waals surface area contributed by atoms with Crippen LogP contribution in [0.2, 0.25) is 0 Å². The highest BCUT2D eigenvalue weighted by Gasteiger charge is 2.07. The van der Waals surface area contributed by atoms with E-state index in [1.54, 1.807) is 0 Å². The molecule has 0 aromatic heterocycles. The first kappa shape index (κ1) is 17.8. The van der Waals surface area contributed by atoms with Gasteiger partial charge in [0.1, 0.15) is 18.1 Å². The van der Waals surface area contributed by atoms with Crippen LogP contribution in [0.3, 0.4) is 0 Å². The lowest BCUT2D eigenvalue weighted by Crippen LogP contribution is -2.11. The molecule has 28 heavy (non-hydrogen) atoms. The Bertz CT molecular complexity index is 1070. The molecule has 0 heterocycles. The maximum absolute atomic E-state index is 12.1. The van der Waals surface area contributed by atoms with Gasteiger partial charge in [0, 0.05) is 0 Å². The van der Waals surface area contributed by atoms with E-state index in [1.165, 1.54) is 0 Å². The summed E-state index contributed by atoms with van der Waals surface area (Å²) in [6.07, 6.45) is 0.255. The van der Waals surface area contributed by atoms with Gasteiger partial charge in [-0.25, -0.2) is 0 Å². The van der Waals surface area contributed by atoms with Gasteiger partial charge in [0.25, 0.3) is 0 Å². The Labute approximate surface area is 164 Å². The van der Waals surface area contributed by atoms with E-state index in [2.05, 4.69) is 0 Å². The van der Waals surface area contributed by atoms with Gasteiger partial charge in [-0.05, 0) is 46.2 Å². The third kappa shape index (κ3) is 4.57. The summed E-state index contributed by atoms with van der Waals surface area (Å²) in [5.74, 6) is 1.09. The SMILES string of the molecule is O=C(Cc1ccccc1)Oc1ccc2cc(OCc3ccccc3)ccc2c1. The molecule has 0 atom stereocenters. The number of hydrogen-bond acceptors (Lipinski definition) is 3. The molecule has 0 aliphatic rings. The molecule has 0 fully saturated rings. The summed E-state index contributed by atoms with van der Waals surface area (Å²) in [5.41, 5.74) is 2.07. The predicted octanol–water partition coefficient (Wildman–Crippen LogP) is 5.57. The van der Waals surface area contributed by atoms with E-state index in [4.69, 9.17) is 9.47 Å². The number of ether oxygens (including phenoxy) is 2. The second-order valence-corrected chi connectivity index (χ2v) is 6.58. The lowest BCUT2D eigenvalue weighted by molar-refractivity contribution is -0.133. The summed E-state index contributed by atoms with van der Waals surface area (Å²) in [5, 5.41) is 2.03. The van der Waals surface area contributed by atoms with Crippen molar-refractivity contribution in [1.29, 1.82) is 0 Å². The molecular weight excluding hydrogens is 348 g/mol. The Morgan fingerprint density at radius 1 is 0.643 bits per heavy atom. The van der Waals surface area contributed by atoms with E-state index >= 15 is 0 Å². The molecule has 0 aliphatic carbocycles. The fourth-order valence-corrected chi connectivity index (χ4v) is 3.03. The zero-order valence-corrected chi connectivity index (χ0v) is 15.4. The van der Waals surface area contributed by atoms with Gasteiger partial charge in [0.15, 0.2) is 0 Å². The molecule has 4 aromatic carbocycles. The van der Waals surface area contributed by atoms with Crippen LogP contribution in [0.4, 0.5) is 0 Å². The highest BCUT2D eigenvalue weighted by molar-refractivity contribution is 5.86. The van der Waals surface area contributed by atoms with Crippen molar-refractivity contribution in [3.63, 3.8) is 0 Å². The number of rotatable bonds is 6. The van der Waals surface area contributed by atoms with Crippen molar-refractivity contribution in [2.24, 2.45) is 0 Å². The first-order valence-electron chi connectivity index (χ1n) is 9.21. The van der Waals surface area contributed by atoms with Crippen molar-refractivity contribution in [3.8, 4) is 11.5 Å². The fourth-order valence-electron chi connectivity index (χ4n) is 3.03. The van der Waals surface area contributed by atoms with Gasteiger partial charge in [0.2, 0.25) is 0 Å². The van der Waals surface area contributed by atoms with Crippen molar-refractivity contribution in [2.75, 3.05) is 0 Å². The molecule has 3 heteroatoms. The number of benzene rings is 4. The fraction of sp³-hybridized carbons (Fsp3) is 0.0800. The Morgan fingerprint density at radius 3 is 1.89 bits per heavy atom. The van der Waals surface area contributed by atoms with Crippen molar-refractivity contribution in [1.82, 2.24) is 0 Å². The molecule has 0 saturated heterocycles. The molecule has 138 valence electrons. The molecular formula is C25H20O3. The van der Waals surface area contributed by atoms with E-state index in [9.17, 15) is 4.79 Å². The van der Waals surface area contributed by atoms with Crippen LogP contribution in [-0.2, 0) is 17.8 Å². The maximum atomic E-state index is 12.1. The molecule has 0 saturated carbocycles. The summed E-state index contributed by atoms with van der Waals surface area (Å²) in [7, 11) is 0. The minimum atomic E-state index is -0.270. The third-order valence-electron chi connectivity index (χ3n) is 4.45. The molecule has 0 unspecified atom stereocenters. The number of carbonyl (C=O) groups excluding carboxylic acids is 1. The van der Waals surface area contributed by atoms with Crippen LogP contribution in [0, 0.1) is 0 Å². The van der Waals surface area contributed by atoms with Gasteiger partial charge in [-0.15, -0.1) is 0 Å². The van der Waals surface area contributed by atoms with Crippen molar-refractivity contribution >= 4 is 16.7 Å². The van der Waals surface area contributed by atoms with Crippen LogP contribution in [-0.4, -0.2) is 5.97 Å². The minimum Gasteiger partial charge on any atom is -0.489 e. The molecule has 0 radical (unpaired) electrons. The number of carbonyl (C=O) groups is 1. The van der Waals surface area contributed by atoms with Crippen molar-refractivity contribution < 1.29 is 14.3 Å². The van der Waals surface area contributed by atoms with Crippen LogP contribution in [0.15, 0.2) is 97.1 Å². The summed E-state index contributed by atoms with van der Waals surface area (Å²) < 4.78 is 11.4. The first-order chi connectivity index (χ1) is 13.8. The molecule has 0 amide bonds. The summed E-state index contributed by atoms with van der Waals surface area (Å²) >= 11 is 0. The number of esters is 1. The standard InChI is InChI=1S/C25H20O3/c26-25(15-19-7-3-1-4-8-19)28-24-14-12-21-16-23(13-11-22(21)17-24)27-18-20-9-5-2-6-10-20/h1-14,16-17H,15,18H2. The average molecular weight is 368 g/mol. The number of hydrogen-bond donors (Lipinski definition) is 0. The summed E-state index contributed by atoms with van der Waals surface area (Å²) in [6, 6.07) is 31.2. The van der Waals surface area contributed by atoms with Crippen molar-refractivity contribution in [3.05, 3.63) is 108 Å². The van der Waals surface area contributed by atoms with Gasteiger partial charge in [0.05, 0.1) is 6.42 Å². The van der Waals surface area contributed by atoms with Crippen LogP contribution in [0.1, 0.15) is 11.1 Å². The molecule has 4 rings (SSSR count). The molecule has 0 aliphatic heterocycles. The van der Waals surface area contributed by atoms with Crippen LogP contribution in [0.5, 0.6) is 11.5 Å². The lowest BCUT2D eigenvalue weighted by Gasteiger charge is -2.09. The van der Waals surface area contributed by atoms with Crippen molar-refractivity contribution in [2.45, 2.75) is 13.0 Å². The first-order valence-corrected chi connectivity index (χ1v) is 9.21. The Kier molecular flexibility index (Phi) is 5.34. The Balaban J connectivity index is 1.42. The molecule has 0 spiro atoms. The van der Waals surface area contributed by atoms with Crippen LogP contribution >= 0.6 is 0 Å². The van der Waals surface area contributed by atoms with Gasteiger partial charge in [-0.2, -0.15) is 0 Å². The van der Waals surface area contributed by atoms with Gasteiger partial charge in [-0.3, -0.25) is 4.79 Å². The monoisotopic (exact) mass is 368 g/mol. The second-order valence-electron chi connectivity index (χ2n) is 6.58. The largest absolute Gasteiger partial charge is 0.489 e.